The lowest BCUT2D eigenvalue weighted by atomic mass is 9.78. The van der Waals surface area contributed by atoms with E-state index in [1.165, 1.54) is 38.5 Å². The van der Waals surface area contributed by atoms with Crippen LogP contribution in [0.4, 0.5) is 0 Å². The molecule has 2 N–H and O–H groups in total. The smallest absolute Gasteiger partial charge is 0.0583 e. The fraction of sp³-hybridized carbons (Fsp3) is 1.00. The Morgan fingerprint density at radius 1 is 1.11 bits per heavy atom. The van der Waals surface area contributed by atoms with E-state index in [0.717, 1.165) is 25.9 Å². The number of aliphatic hydroxyl groups excluding tert-OH is 2. The van der Waals surface area contributed by atoms with Crippen molar-refractivity contribution in [1.82, 2.24) is 4.90 Å². The van der Waals surface area contributed by atoms with Gasteiger partial charge in [-0.1, -0.05) is 19.3 Å². The number of hydrogen-bond acceptors (Lipinski definition) is 3. The van der Waals surface area contributed by atoms with Crippen LogP contribution in [-0.4, -0.2) is 46.5 Å². The molecule has 18 heavy (non-hydrogen) atoms. The van der Waals surface area contributed by atoms with Gasteiger partial charge in [-0.2, -0.15) is 0 Å². The second kappa shape index (κ2) is 6.88. The van der Waals surface area contributed by atoms with E-state index < -0.39 is 0 Å². The highest BCUT2D eigenvalue weighted by molar-refractivity contribution is 4.89. The van der Waals surface area contributed by atoms with E-state index >= 15 is 0 Å². The Hall–Kier alpha value is -0.120. The van der Waals surface area contributed by atoms with Gasteiger partial charge in [-0.3, -0.25) is 4.90 Å². The summed E-state index contributed by atoms with van der Waals surface area (Å²) in [7, 11) is 0. The zero-order chi connectivity index (χ0) is 13.0. The lowest BCUT2D eigenvalue weighted by Gasteiger charge is -2.44. The van der Waals surface area contributed by atoms with Crippen LogP contribution in [0.5, 0.6) is 0 Å². The molecule has 0 amide bonds. The highest BCUT2D eigenvalue weighted by Crippen LogP contribution is 2.34. The molecule has 1 saturated heterocycles. The van der Waals surface area contributed by atoms with Gasteiger partial charge in [0.25, 0.3) is 0 Å². The first-order valence-corrected chi connectivity index (χ1v) is 7.78. The van der Waals surface area contributed by atoms with Crippen molar-refractivity contribution in [3.05, 3.63) is 0 Å². The van der Waals surface area contributed by atoms with Gasteiger partial charge in [0, 0.05) is 18.5 Å². The summed E-state index contributed by atoms with van der Waals surface area (Å²) in [6.45, 7) is 4.01. The molecule has 1 aliphatic carbocycles. The minimum absolute atomic E-state index is 0.0871. The zero-order valence-corrected chi connectivity index (χ0v) is 11.7. The second-order valence-electron chi connectivity index (χ2n) is 6.25. The van der Waals surface area contributed by atoms with Gasteiger partial charge in [0.1, 0.15) is 0 Å². The van der Waals surface area contributed by atoms with Crippen molar-refractivity contribution in [3.63, 3.8) is 0 Å². The highest BCUT2D eigenvalue weighted by Gasteiger charge is 2.35. The molecule has 2 fully saturated rings. The summed E-state index contributed by atoms with van der Waals surface area (Å²) in [6, 6.07) is 0.563. The SMILES string of the molecule is CC(O)CCN1CCCCC1C1CCCCC1O. The molecular formula is C15H29NO2. The standard InChI is InChI=1S/C15H29NO2/c1-12(17)9-11-16-10-5-4-7-14(16)13-6-2-3-8-15(13)18/h12-15,17-18H,2-11H2,1H3. The van der Waals surface area contributed by atoms with E-state index in [1.807, 2.05) is 6.92 Å². The molecule has 0 radical (unpaired) electrons. The third-order valence-corrected chi connectivity index (χ3v) is 4.77. The maximum absolute atomic E-state index is 10.2. The van der Waals surface area contributed by atoms with Crippen LogP contribution >= 0.6 is 0 Å². The molecule has 0 aromatic rings. The third kappa shape index (κ3) is 3.69. The maximum Gasteiger partial charge on any atom is 0.0583 e. The Kier molecular flexibility index (Phi) is 5.46. The van der Waals surface area contributed by atoms with Gasteiger partial charge in [-0.15, -0.1) is 0 Å². The molecule has 1 aliphatic heterocycles. The van der Waals surface area contributed by atoms with Crippen LogP contribution in [0.2, 0.25) is 0 Å². The molecule has 106 valence electrons. The molecular weight excluding hydrogens is 226 g/mol. The lowest BCUT2D eigenvalue weighted by molar-refractivity contribution is -0.00916. The van der Waals surface area contributed by atoms with Gasteiger partial charge in [0.2, 0.25) is 0 Å². The summed E-state index contributed by atoms with van der Waals surface area (Å²) >= 11 is 0. The molecule has 1 heterocycles. The second-order valence-corrected chi connectivity index (χ2v) is 6.25. The predicted molar refractivity (Wildman–Crippen MR) is 73.5 cm³/mol. The summed E-state index contributed by atoms with van der Waals surface area (Å²) in [5, 5.41) is 19.7. The highest BCUT2D eigenvalue weighted by atomic mass is 16.3. The van der Waals surface area contributed by atoms with Gasteiger partial charge in [-0.05, 0) is 45.6 Å². The van der Waals surface area contributed by atoms with Crippen LogP contribution in [0.3, 0.4) is 0 Å². The Balaban J connectivity index is 1.93. The van der Waals surface area contributed by atoms with E-state index in [1.54, 1.807) is 0 Å². The van der Waals surface area contributed by atoms with Gasteiger partial charge < -0.3 is 10.2 Å². The molecule has 4 atom stereocenters. The van der Waals surface area contributed by atoms with Gasteiger partial charge >= 0.3 is 0 Å². The topological polar surface area (TPSA) is 43.7 Å². The van der Waals surface area contributed by atoms with Crippen molar-refractivity contribution < 1.29 is 10.2 Å². The molecule has 0 aromatic heterocycles. The Labute approximate surface area is 111 Å². The third-order valence-electron chi connectivity index (χ3n) is 4.77. The van der Waals surface area contributed by atoms with E-state index in [0.29, 0.717) is 12.0 Å². The molecule has 1 saturated carbocycles. The van der Waals surface area contributed by atoms with Crippen molar-refractivity contribution in [2.24, 2.45) is 5.92 Å². The quantitative estimate of drug-likeness (QED) is 0.809. The van der Waals surface area contributed by atoms with Crippen LogP contribution in [0.1, 0.15) is 58.3 Å². The summed E-state index contributed by atoms with van der Waals surface area (Å²) in [4.78, 5) is 2.54. The average molecular weight is 255 g/mol. The maximum atomic E-state index is 10.2. The molecule has 0 bridgehead atoms. The van der Waals surface area contributed by atoms with Crippen LogP contribution in [0.25, 0.3) is 0 Å². The number of rotatable bonds is 4. The molecule has 3 nitrogen and oxygen atoms in total. The van der Waals surface area contributed by atoms with Gasteiger partial charge in [0.05, 0.1) is 12.2 Å². The van der Waals surface area contributed by atoms with Gasteiger partial charge in [-0.25, -0.2) is 0 Å². The van der Waals surface area contributed by atoms with Crippen molar-refractivity contribution in [2.45, 2.75) is 76.5 Å². The van der Waals surface area contributed by atoms with Crippen LogP contribution in [0, 0.1) is 5.92 Å². The predicted octanol–water partition coefficient (Wildman–Crippen LogP) is 2.16. The molecule has 3 heteroatoms. The number of aliphatic hydroxyl groups is 2. The lowest BCUT2D eigenvalue weighted by Crippen LogP contribution is -2.49. The fourth-order valence-corrected chi connectivity index (χ4v) is 3.72. The largest absolute Gasteiger partial charge is 0.393 e. The Morgan fingerprint density at radius 3 is 2.56 bits per heavy atom. The Bertz CT molecular complexity index is 245. The first kappa shape index (κ1) is 14.3. The summed E-state index contributed by atoms with van der Waals surface area (Å²) in [5.74, 6) is 0.480. The van der Waals surface area contributed by atoms with Crippen LogP contribution < -0.4 is 0 Å². The van der Waals surface area contributed by atoms with Crippen LogP contribution in [-0.2, 0) is 0 Å². The summed E-state index contributed by atoms with van der Waals surface area (Å²) in [6.07, 6.45) is 9.04. The first-order chi connectivity index (χ1) is 8.68. The minimum atomic E-state index is -0.205. The monoisotopic (exact) mass is 255 g/mol. The molecule has 2 aliphatic rings. The number of nitrogens with zero attached hydrogens (tertiary/aromatic N) is 1. The van der Waals surface area contributed by atoms with E-state index in [2.05, 4.69) is 4.90 Å². The minimum Gasteiger partial charge on any atom is -0.393 e. The summed E-state index contributed by atoms with van der Waals surface area (Å²) < 4.78 is 0. The summed E-state index contributed by atoms with van der Waals surface area (Å²) in [5.41, 5.74) is 0. The molecule has 0 spiro atoms. The first-order valence-electron chi connectivity index (χ1n) is 7.78. The number of likely N-dealkylation sites (tertiary alicyclic amines) is 1. The van der Waals surface area contributed by atoms with Gasteiger partial charge in [0.15, 0.2) is 0 Å². The molecule has 0 aromatic carbocycles. The molecule has 2 rings (SSSR count). The van der Waals surface area contributed by atoms with Crippen LogP contribution in [0.15, 0.2) is 0 Å². The fourth-order valence-electron chi connectivity index (χ4n) is 3.72. The number of hydrogen-bond donors (Lipinski definition) is 2. The van der Waals surface area contributed by atoms with Crippen molar-refractivity contribution in [2.75, 3.05) is 13.1 Å². The zero-order valence-electron chi connectivity index (χ0n) is 11.7. The number of piperidine rings is 1. The van der Waals surface area contributed by atoms with E-state index in [9.17, 15) is 10.2 Å². The molecule has 4 unspecified atom stereocenters. The Morgan fingerprint density at radius 2 is 1.83 bits per heavy atom. The van der Waals surface area contributed by atoms with Crippen molar-refractivity contribution >= 4 is 0 Å². The van der Waals surface area contributed by atoms with Crippen molar-refractivity contribution in [3.8, 4) is 0 Å². The van der Waals surface area contributed by atoms with Crippen molar-refractivity contribution in [1.29, 1.82) is 0 Å². The normalized spacial score (nSPS) is 36.5. The van der Waals surface area contributed by atoms with E-state index in [-0.39, 0.29) is 12.2 Å². The van der Waals surface area contributed by atoms with E-state index in [4.69, 9.17) is 0 Å². The average Bonchev–Trinajstić information content (AvgIpc) is 2.37.